The monoisotopic (exact) mass is 506 g/mol. The number of benzene rings is 2. The van der Waals surface area contributed by atoms with E-state index >= 15 is 0 Å². The molecular formula is C30H38F4O2. The fourth-order valence-electron chi connectivity index (χ4n) is 6.03. The van der Waals surface area contributed by atoms with Crippen molar-refractivity contribution in [3.63, 3.8) is 0 Å². The highest BCUT2D eigenvalue weighted by molar-refractivity contribution is 5.33. The van der Waals surface area contributed by atoms with E-state index in [1.807, 2.05) is 0 Å². The fourth-order valence-corrected chi connectivity index (χ4v) is 6.03. The van der Waals surface area contributed by atoms with E-state index in [0.29, 0.717) is 5.92 Å². The third-order valence-corrected chi connectivity index (χ3v) is 8.39. The second-order valence-corrected chi connectivity index (χ2v) is 10.7. The summed E-state index contributed by atoms with van der Waals surface area (Å²) < 4.78 is 63.0. The molecule has 0 bridgehead atoms. The maximum atomic E-state index is 14.7. The Morgan fingerprint density at radius 2 is 1.22 bits per heavy atom. The minimum atomic E-state index is -3.53. The van der Waals surface area contributed by atoms with Gasteiger partial charge in [-0.25, -0.2) is 0 Å². The van der Waals surface area contributed by atoms with Crippen LogP contribution in [0.4, 0.5) is 17.6 Å². The van der Waals surface area contributed by atoms with Gasteiger partial charge in [-0.3, -0.25) is 0 Å². The summed E-state index contributed by atoms with van der Waals surface area (Å²) in [6, 6.07) is 11.2. The third kappa shape index (κ3) is 7.39. The van der Waals surface area contributed by atoms with Gasteiger partial charge in [0.05, 0.1) is 5.56 Å². The molecule has 0 heterocycles. The van der Waals surface area contributed by atoms with Crippen LogP contribution >= 0.6 is 0 Å². The average Bonchev–Trinajstić information content (AvgIpc) is 2.89. The zero-order valence-corrected chi connectivity index (χ0v) is 21.1. The number of ether oxygens (including phenoxy) is 2. The van der Waals surface area contributed by atoms with Crippen molar-refractivity contribution in [3.8, 4) is 11.5 Å². The lowest BCUT2D eigenvalue weighted by Gasteiger charge is -2.32. The summed E-state index contributed by atoms with van der Waals surface area (Å²) in [7, 11) is 0. The van der Waals surface area contributed by atoms with Crippen molar-refractivity contribution >= 4 is 0 Å². The van der Waals surface area contributed by atoms with Gasteiger partial charge >= 0.3 is 12.7 Å². The molecule has 2 aromatic rings. The van der Waals surface area contributed by atoms with Gasteiger partial charge in [0.1, 0.15) is 11.5 Å². The molecule has 2 fully saturated rings. The van der Waals surface area contributed by atoms with Crippen LogP contribution in [0.25, 0.3) is 0 Å². The highest BCUT2D eigenvalue weighted by atomic mass is 19.3. The molecule has 2 aliphatic rings. The zero-order valence-electron chi connectivity index (χ0n) is 21.1. The summed E-state index contributed by atoms with van der Waals surface area (Å²) in [6.45, 7) is -0.656. The largest absolute Gasteiger partial charge is 0.435 e. The minimum absolute atomic E-state index is 0.112. The molecule has 0 radical (unpaired) electrons. The van der Waals surface area contributed by atoms with E-state index in [-0.39, 0.29) is 17.1 Å². The first-order valence-corrected chi connectivity index (χ1v) is 13.5. The molecule has 0 spiro atoms. The Balaban J connectivity index is 1.23. The molecule has 2 aromatic carbocycles. The number of hydrogen-bond donors (Lipinski definition) is 0. The van der Waals surface area contributed by atoms with Crippen molar-refractivity contribution in [2.75, 3.05) is 0 Å². The van der Waals surface area contributed by atoms with Crippen LogP contribution in [-0.2, 0) is 6.11 Å². The average molecular weight is 507 g/mol. The van der Waals surface area contributed by atoms with Crippen molar-refractivity contribution in [2.24, 2.45) is 17.8 Å². The van der Waals surface area contributed by atoms with E-state index in [0.717, 1.165) is 36.2 Å². The number of halogens is 4. The van der Waals surface area contributed by atoms with Crippen LogP contribution < -0.4 is 9.47 Å². The quantitative estimate of drug-likeness (QED) is 0.299. The molecule has 0 N–H and O–H groups in total. The fraction of sp³-hybridized carbons (Fsp3) is 0.600. The lowest BCUT2D eigenvalue weighted by molar-refractivity contribution is -0.185. The first-order valence-electron chi connectivity index (χ1n) is 13.5. The molecule has 0 amide bonds. The van der Waals surface area contributed by atoms with Crippen molar-refractivity contribution in [1.29, 1.82) is 0 Å². The zero-order chi connectivity index (χ0) is 25.5. The van der Waals surface area contributed by atoms with E-state index in [1.54, 1.807) is 12.1 Å². The smallest absolute Gasteiger partial charge is 0.426 e. The van der Waals surface area contributed by atoms with E-state index < -0.39 is 12.7 Å². The Kier molecular flexibility index (Phi) is 9.19. The molecule has 198 valence electrons. The van der Waals surface area contributed by atoms with Crippen LogP contribution in [-0.4, -0.2) is 6.61 Å². The number of hydrogen-bond acceptors (Lipinski definition) is 2. The van der Waals surface area contributed by atoms with Gasteiger partial charge in [0.15, 0.2) is 0 Å². The number of rotatable bonds is 10. The second kappa shape index (κ2) is 12.3. The van der Waals surface area contributed by atoms with Gasteiger partial charge in [-0.1, -0.05) is 64.0 Å². The van der Waals surface area contributed by atoms with Gasteiger partial charge in [-0.15, -0.1) is 0 Å². The van der Waals surface area contributed by atoms with E-state index in [2.05, 4.69) is 11.7 Å². The highest BCUT2D eigenvalue weighted by Crippen LogP contribution is 2.41. The third-order valence-electron chi connectivity index (χ3n) is 8.39. The number of alkyl halides is 4. The molecule has 2 nitrogen and oxygen atoms in total. The predicted octanol–water partition coefficient (Wildman–Crippen LogP) is 9.69. The van der Waals surface area contributed by atoms with Crippen molar-refractivity contribution < 1.29 is 27.0 Å². The van der Waals surface area contributed by atoms with Crippen molar-refractivity contribution in [1.82, 2.24) is 0 Å². The second-order valence-electron chi connectivity index (χ2n) is 10.7. The lowest BCUT2D eigenvalue weighted by Crippen LogP contribution is -2.22. The molecule has 0 saturated heterocycles. The van der Waals surface area contributed by atoms with E-state index in [1.165, 1.54) is 94.2 Å². The Bertz CT molecular complexity index is 913. The van der Waals surface area contributed by atoms with Crippen LogP contribution in [0.3, 0.4) is 0 Å². The van der Waals surface area contributed by atoms with Gasteiger partial charge in [0.2, 0.25) is 0 Å². The lowest BCUT2D eigenvalue weighted by atomic mass is 9.74. The topological polar surface area (TPSA) is 18.5 Å². The summed E-state index contributed by atoms with van der Waals surface area (Å²) in [5, 5.41) is 0. The van der Waals surface area contributed by atoms with Crippen LogP contribution in [0.2, 0.25) is 0 Å². The van der Waals surface area contributed by atoms with Gasteiger partial charge < -0.3 is 9.47 Å². The summed E-state index contributed by atoms with van der Waals surface area (Å²) in [5.41, 5.74) is 0.880. The molecule has 0 unspecified atom stereocenters. The van der Waals surface area contributed by atoms with Crippen molar-refractivity contribution in [3.05, 3.63) is 59.7 Å². The Hall–Kier alpha value is -2.24. The van der Waals surface area contributed by atoms with Gasteiger partial charge in [-0.2, -0.15) is 17.6 Å². The van der Waals surface area contributed by atoms with E-state index in [4.69, 9.17) is 4.74 Å². The SMILES string of the molecule is CC[C@H]1CC[C@H](CCC2CCC(c3ccc(C(F)(F)Oc4ccc(OC(F)F)cc4)cc3)CC2)CC1. The normalized spacial score (nSPS) is 25.1. The standard InChI is InChI=1S/C30H38F4O2/c1-2-21-3-5-22(6-4-21)7-8-23-9-11-24(12-10-23)25-13-15-26(16-14-25)30(33,34)36-28-19-17-27(18-20-28)35-29(31)32/h13-24,29H,2-12H2,1H3/t21-,22-,23?,24?. The maximum absolute atomic E-state index is 14.7. The molecule has 0 aliphatic heterocycles. The minimum Gasteiger partial charge on any atom is -0.435 e. The Morgan fingerprint density at radius 1 is 0.722 bits per heavy atom. The van der Waals surface area contributed by atoms with Crippen molar-refractivity contribution in [2.45, 2.75) is 96.2 Å². The molecule has 0 aromatic heterocycles. The highest BCUT2D eigenvalue weighted by Gasteiger charge is 2.35. The molecular weight excluding hydrogens is 468 g/mol. The molecule has 2 saturated carbocycles. The Labute approximate surface area is 212 Å². The van der Waals surface area contributed by atoms with Gasteiger partial charge in [-0.05, 0) is 91.3 Å². The van der Waals surface area contributed by atoms with Crippen LogP contribution in [0.1, 0.15) is 94.6 Å². The summed E-state index contributed by atoms with van der Waals surface area (Å²) >= 11 is 0. The van der Waals surface area contributed by atoms with Crippen LogP contribution in [0, 0.1) is 17.8 Å². The summed E-state index contributed by atoms with van der Waals surface area (Å²) in [4.78, 5) is 0. The summed E-state index contributed by atoms with van der Waals surface area (Å²) in [6.07, 6.45) is 10.8. The van der Waals surface area contributed by atoms with Crippen LogP contribution in [0.5, 0.6) is 11.5 Å². The molecule has 6 heteroatoms. The van der Waals surface area contributed by atoms with Gasteiger partial charge in [0, 0.05) is 0 Å². The Morgan fingerprint density at radius 3 is 1.75 bits per heavy atom. The molecule has 36 heavy (non-hydrogen) atoms. The van der Waals surface area contributed by atoms with Crippen LogP contribution in [0.15, 0.2) is 48.5 Å². The maximum Gasteiger partial charge on any atom is 0.426 e. The first-order chi connectivity index (χ1) is 17.3. The molecule has 4 rings (SSSR count). The summed E-state index contributed by atoms with van der Waals surface area (Å²) in [5.74, 6) is 2.87. The first kappa shape index (κ1) is 26.8. The van der Waals surface area contributed by atoms with Gasteiger partial charge in [0.25, 0.3) is 0 Å². The predicted molar refractivity (Wildman–Crippen MR) is 134 cm³/mol. The van der Waals surface area contributed by atoms with E-state index in [9.17, 15) is 17.6 Å². The molecule has 0 atom stereocenters. The molecule has 2 aliphatic carbocycles.